The van der Waals surface area contributed by atoms with Crippen LogP contribution in [0.15, 0.2) is 0 Å². The number of aliphatic hydroxyl groups excluding tert-OH is 1. The smallest absolute Gasteiger partial charge is 0.222 e. The molecule has 0 bridgehead atoms. The topological polar surface area (TPSA) is 69.6 Å². The SMILES string of the molecule is CC(O)CC(C)(C)CNC(=O)CCN1CCCC1=O. The summed E-state index contributed by atoms with van der Waals surface area (Å²) >= 11 is 0. The molecule has 5 nitrogen and oxygen atoms in total. The molecule has 1 rings (SSSR count). The first-order valence-electron chi connectivity index (χ1n) is 7.03. The third-order valence-electron chi connectivity index (χ3n) is 3.39. The summed E-state index contributed by atoms with van der Waals surface area (Å²) < 4.78 is 0. The fraction of sp³-hybridized carbons (Fsp3) is 0.857. The first-order chi connectivity index (χ1) is 8.80. The second kappa shape index (κ2) is 6.89. The van der Waals surface area contributed by atoms with Crippen LogP contribution in [-0.4, -0.2) is 47.6 Å². The van der Waals surface area contributed by atoms with Crippen LogP contribution in [0.4, 0.5) is 0 Å². The van der Waals surface area contributed by atoms with Crippen molar-refractivity contribution in [1.82, 2.24) is 10.2 Å². The van der Waals surface area contributed by atoms with Crippen molar-refractivity contribution >= 4 is 11.8 Å². The molecule has 0 aromatic heterocycles. The second-order valence-electron chi connectivity index (χ2n) is 6.23. The Morgan fingerprint density at radius 1 is 1.53 bits per heavy atom. The fourth-order valence-electron chi connectivity index (χ4n) is 2.48. The molecule has 0 aromatic carbocycles. The number of carbonyl (C=O) groups is 2. The van der Waals surface area contributed by atoms with E-state index in [1.54, 1.807) is 11.8 Å². The van der Waals surface area contributed by atoms with Gasteiger partial charge < -0.3 is 15.3 Å². The Hall–Kier alpha value is -1.10. The molecule has 1 saturated heterocycles. The zero-order chi connectivity index (χ0) is 14.5. The fourth-order valence-corrected chi connectivity index (χ4v) is 2.48. The summed E-state index contributed by atoms with van der Waals surface area (Å²) in [6.45, 7) is 7.63. The van der Waals surface area contributed by atoms with Crippen molar-refractivity contribution in [2.75, 3.05) is 19.6 Å². The van der Waals surface area contributed by atoms with Crippen LogP contribution in [0.2, 0.25) is 0 Å². The molecule has 5 heteroatoms. The van der Waals surface area contributed by atoms with Gasteiger partial charge in [0.15, 0.2) is 0 Å². The Labute approximate surface area is 115 Å². The molecule has 1 fully saturated rings. The second-order valence-corrected chi connectivity index (χ2v) is 6.23. The van der Waals surface area contributed by atoms with Gasteiger partial charge in [-0.15, -0.1) is 0 Å². The molecular formula is C14H26N2O3. The number of likely N-dealkylation sites (tertiary alicyclic amines) is 1. The average Bonchev–Trinajstić information content (AvgIpc) is 2.68. The van der Waals surface area contributed by atoms with E-state index < -0.39 is 0 Å². The highest BCUT2D eigenvalue weighted by atomic mass is 16.3. The maximum absolute atomic E-state index is 11.7. The van der Waals surface area contributed by atoms with Crippen molar-refractivity contribution in [3.05, 3.63) is 0 Å². The molecule has 1 heterocycles. The first-order valence-corrected chi connectivity index (χ1v) is 7.03. The van der Waals surface area contributed by atoms with Crippen LogP contribution in [0, 0.1) is 5.41 Å². The van der Waals surface area contributed by atoms with Crippen LogP contribution in [0.3, 0.4) is 0 Å². The Balaban J connectivity index is 2.22. The molecule has 0 spiro atoms. The summed E-state index contributed by atoms with van der Waals surface area (Å²) in [5.41, 5.74) is -0.118. The number of hydrogen-bond donors (Lipinski definition) is 2. The molecule has 1 atom stereocenters. The van der Waals surface area contributed by atoms with Crippen LogP contribution >= 0.6 is 0 Å². The number of amides is 2. The Morgan fingerprint density at radius 3 is 2.74 bits per heavy atom. The van der Waals surface area contributed by atoms with E-state index in [4.69, 9.17) is 0 Å². The van der Waals surface area contributed by atoms with Gasteiger partial charge in [-0.25, -0.2) is 0 Å². The van der Waals surface area contributed by atoms with Crippen LogP contribution in [0.5, 0.6) is 0 Å². The van der Waals surface area contributed by atoms with Crippen LogP contribution in [-0.2, 0) is 9.59 Å². The summed E-state index contributed by atoms with van der Waals surface area (Å²) in [5, 5.41) is 12.3. The van der Waals surface area contributed by atoms with Crippen molar-refractivity contribution < 1.29 is 14.7 Å². The summed E-state index contributed by atoms with van der Waals surface area (Å²) in [7, 11) is 0. The van der Waals surface area contributed by atoms with E-state index in [-0.39, 0.29) is 23.3 Å². The zero-order valence-electron chi connectivity index (χ0n) is 12.2. The van der Waals surface area contributed by atoms with E-state index in [9.17, 15) is 14.7 Å². The molecule has 0 saturated carbocycles. The normalized spacial score (nSPS) is 17.7. The molecule has 1 aliphatic heterocycles. The summed E-state index contributed by atoms with van der Waals surface area (Å²) in [6, 6.07) is 0. The lowest BCUT2D eigenvalue weighted by Gasteiger charge is -2.26. The maximum atomic E-state index is 11.7. The number of aliphatic hydroxyl groups is 1. The van der Waals surface area contributed by atoms with Crippen LogP contribution < -0.4 is 5.32 Å². The summed E-state index contributed by atoms with van der Waals surface area (Å²) in [4.78, 5) is 24.9. The number of rotatable bonds is 7. The van der Waals surface area contributed by atoms with E-state index in [1.807, 2.05) is 13.8 Å². The highest BCUT2D eigenvalue weighted by Crippen LogP contribution is 2.21. The lowest BCUT2D eigenvalue weighted by molar-refractivity contribution is -0.128. The van der Waals surface area contributed by atoms with Crippen molar-refractivity contribution in [2.45, 2.75) is 52.6 Å². The largest absolute Gasteiger partial charge is 0.393 e. The Bertz CT molecular complexity index is 327. The molecule has 1 unspecified atom stereocenters. The minimum Gasteiger partial charge on any atom is -0.393 e. The van der Waals surface area contributed by atoms with Crippen molar-refractivity contribution in [1.29, 1.82) is 0 Å². The maximum Gasteiger partial charge on any atom is 0.222 e. The van der Waals surface area contributed by atoms with E-state index in [0.29, 0.717) is 32.4 Å². The number of carbonyl (C=O) groups excluding carboxylic acids is 2. The molecule has 110 valence electrons. The molecule has 1 aliphatic rings. The van der Waals surface area contributed by atoms with Gasteiger partial charge in [0.2, 0.25) is 11.8 Å². The predicted molar refractivity (Wildman–Crippen MR) is 73.5 cm³/mol. The number of nitrogens with zero attached hydrogens (tertiary/aromatic N) is 1. The number of nitrogens with one attached hydrogen (secondary N) is 1. The first kappa shape index (κ1) is 16.0. The molecule has 19 heavy (non-hydrogen) atoms. The van der Waals surface area contributed by atoms with Crippen LogP contribution in [0.25, 0.3) is 0 Å². The van der Waals surface area contributed by atoms with Crippen molar-refractivity contribution in [3.63, 3.8) is 0 Å². The minimum absolute atomic E-state index is 0.0293. The third kappa shape index (κ3) is 6.05. The van der Waals surface area contributed by atoms with Crippen molar-refractivity contribution in [3.8, 4) is 0 Å². The number of hydrogen-bond acceptors (Lipinski definition) is 3. The highest BCUT2D eigenvalue weighted by Gasteiger charge is 2.23. The van der Waals surface area contributed by atoms with Crippen molar-refractivity contribution in [2.24, 2.45) is 5.41 Å². The van der Waals surface area contributed by atoms with E-state index in [2.05, 4.69) is 5.32 Å². The van der Waals surface area contributed by atoms with Gasteiger partial charge in [0, 0.05) is 32.5 Å². The lowest BCUT2D eigenvalue weighted by atomic mass is 9.87. The Morgan fingerprint density at radius 2 is 2.21 bits per heavy atom. The molecule has 0 aliphatic carbocycles. The Kier molecular flexibility index (Phi) is 5.79. The minimum atomic E-state index is -0.367. The predicted octanol–water partition coefficient (Wildman–Crippen LogP) is 0.912. The van der Waals surface area contributed by atoms with E-state index in [1.165, 1.54) is 0 Å². The molecule has 0 aromatic rings. The third-order valence-corrected chi connectivity index (χ3v) is 3.39. The standard InChI is InChI=1S/C14H26N2O3/c1-11(17)9-14(2,3)10-15-12(18)6-8-16-7-4-5-13(16)19/h11,17H,4-10H2,1-3H3,(H,15,18). The summed E-state index contributed by atoms with van der Waals surface area (Å²) in [6.07, 6.45) is 2.16. The monoisotopic (exact) mass is 270 g/mol. The van der Waals surface area contributed by atoms with Gasteiger partial charge in [-0.2, -0.15) is 0 Å². The van der Waals surface area contributed by atoms with Gasteiger partial charge in [-0.05, 0) is 25.2 Å². The molecule has 0 radical (unpaired) electrons. The van der Waals surface area contributed by atoms with Gasteiger partial charge in [0.1, 0.15) is 0 Å². The summed E-state index contributed by atoms with van der Waals surface area (Å²) in [5.74, 6) is 0.126. The van der Waals surface area contributed by atoms with Gasteiger partial charge in [-0.1, -0.05) is 13.8 Å². The van der Waals surface area contributed by atoms with E-state index in [0.717, 1.165) is 13.0 Å². The highest BCUT2D eigenvalue weighted by molar-refractivity contribution is 5.80. The molecule has 2 N–H and O–H groups in total. The van der Waals surface area contributed by atoms with Gasteiger partial charge in [-0.3, -0.25) is 9.59 Å². The molecular weight excluding hydrogens is 244 g/mol. The van der Waals surface area contributed by atoms with Crippen LogP contribution in [0.1, 0.15) is 46.5 Å². The lowest BCUT2D eigenvalue weighted by Crippen LogP contribution is -2.37. The van der Waals surface area contributed by atoms with Gasteiger partial charge >= 0.3 is 0 Å². The van der Waals surface area contributed by atoms with Gasteiger partial charge in [0.05, 0.1) is 6.10 Å². The zero-order valence-corrected chi connectivity index (χ0v) is 12.2. The average molecular weight is 270 g/mol. The molecule has 2 amide bonds. The quantitative estimate of drug-likeness (QED) is 0.722. The van der Waals surface area contributed by atoms with E-state index >= 15 is 0 Å². The van der Waals surface area contributed by atoms with Gasteiger partial charge in [0.25, 0.3) is 0 Å².